The van der Waals surface area contributed by atoms with E-state index in [0.29, 0.717) is 18.7 Å². The van der Waals surface area contributed by atoms with Gasteiger partial charge in [-0.2, -0.15) is 0 Å². The number of nitrogens with one attached hydrogen (secondary N) is 1. The van der Waals surface area contributed by atoms with E-state index in [1.165, 1.54) is 4.90 Å². The van der Waals surface area contributed by atoms with Gasteiger partial charge in [0.25, 0.3) is 0 Å². The van der Waals surface area contributed by atoms with Gasteiger partial charge in [-0.3, -0.25) is 13.9 Å². The van der Waals surface area contributed by atoms with Crippen LogP contribution in [0.3, 0.4) is 0 Å². The zero-order valence-electron chi connectivity index (χ0n) is 22.3. The number of amides is 2. The van der Waals surface area contributed by atoms with Crippen LogP contribution in [0.2, 0.25) is 0 Å². The Morgan fingerprint density at radius 3 is 2.05 bits per heavy atom. The summed E-state index contributed by atoms with van der Waals surface area (Å²) in [6.45, 7) is 4.29. The lowest BCUT2D eigenvalue weighted by Crippen LogP contribution is -2.53. The van der Waals surface area contributed by atoms with Crippen LogP contribution in [0, 0.1) is 6.92 Å². The number of anilines is 1. The fraction of sp³-hybridized carbons (Fsp3) is 0.333. The molecule has 0 aliphatic heterocycles. The van der Waals surface area contributed by atoms with E-state index in [-0.39, 0.29) is 12.5 Å². The van der Waals surface area contributed by atoms with Crippen LogP contribution in [0.4, 0.5) is 5.69 Å². The van der Waals surface area contributed by atoms with Gasteiger partial charge in [0.15, 0.2) is 0 Å². The standard InChI is InChI=1S/C30H37N3O4S/c1-4-5-20-31-30(35)28(21-25-12-8-6-9-13-25)32(22-26-18-16-24(2)17-19-26)29(34)23-33(38(3,36)37)27-14-10-7-11-15-27/h6-19,28H,4-5,20-23H2,1-3H3,(H,31,35). The van der Waals surface area contributed by atoms with E-state index in [0.717, 1.165) is 40.1 Å². The smallest absolute Gasteiger partial charge is 0.244 e. The Kier molecular flexibility index (Phi) is 10.5. The van der Waals surface area contributed by atoms with Gasteiger partial charge in [-0.15, -0.1) is 0 Å². The van der Waals surface area contributed by atoms with E-state index in [2.05, 4.69) is 5.32 Å². The number of para-hydroxylation sites is 1. The third kappa shape index (κ3) is 8.45. The molecule has 0 bridgehead atoms. The second-order valence-corrected chi connectivity index (χ2v) is 11.4. The zero-order valence-corrected chi connectivity index (χ0v) is 23.2. The van der Waals surface area contributed by atoms with E-state index in [1.54, 1.807) is 30.3 Å². The second-order valence-electron chi connectivity index (χ2n) is 9.46. The molecule has 202 valence electrons. The van der Waals surface area contributed by atoms with Crippen LogP contribution in [0.1, 0.15) is 36.5 Å². The number of unbranched alkanes of at least 4 members (excludes halogenated alkanes) is 1. The van der Waals surface area contributed by atoms with Crippen LogP contribution in [0.15, 0.2) is 84.9 Å². The van der Waals surface area contributed by atoms with Crippen LogP contribution in [0.25, 0.3) is 0 Å². The minimum atomic E-state index is -3.76. The summed E-state index contributed by atoms with van der Waals surface area (Å²) in [7, 11) is -3.76. The van der Waals surface area contributed by atoms with Gasteiger partial charge in [0, 0.05) is 19.5 Å². The Morgan fingerprint density at radius 2 is 1.47 bits per heavy atom. The van der Waals surface area contributed by atoms with E-state index >= 15 is 0 Å². The van der Waals surface area contributed by atoms with E-state index in [9.17, 15) is 18.0 Å². The fourth-order valence-electron chi connectivity index (χ4n) is 4.16. The third-order valence-corrected chi connectivity index (χ3v) is 7.44. The Morgan fingerprint density at radius 1 is 0.868 bits per heavy atom. The highest BCUT2D eigenvalue weighted by Gasteiger charge is 2.32. The van der Waals surface area contributed by atoms with Crippen molar-refractivity contribution in [1.82, 2.24) is 10.2 Å². The Hall–Kier alpha value is -3.65. The van der Waals surface area contributed by atoms with Crippen molar-refractivity contribution in [2.45, 2.75) is 45.7 Å². The second kappa shape index (κ2) is 13.8. The SMILES string of the molecule is CCCCNC(=O)C(Cc1ccccc1)N(Cc1ccc(C)cc1)C(=O)CN(c1ccccc1)S(C)(=O)=O. The first kappa shape index (κ1) is 28.9. The average molecular weight is 536 g/mol. The molecule has 38 heavy (non-hydrogen) atoms. The van der Waals surface area contributed by atoms with Gasteiger partial charge in [0.2, 0.25) is 21.8 Å². The summed E-state index contributed by atoms with van der Waals surface area (Å²) in [5, 5.41) is 2.98. The van der Waals surface area contributed by atoms with Gasteiger partial charge >= 0.3 is 0 Å². The molecule has 1 atom stereocenters. The van der Waals surface area contributed by atoms with Crippen LogP contribution < -0.4 is 9.62 Å². The lowest BCUT2D eigenvalue weighted by Gasteiger charge is -2.33. The molecule has 1 N–H and O–H groups in total. The van der Waals surface area contributed by atoms with Crippen LogP contribution in [-0.2, 0) is 32.6 Å². The van der Waals surface area contributed by atoms with Crippen molar-refractivity contribution in [1.29, 1.82) is 0 Å². The fourth-order valence-corrected chi connectivity index (χ4v) is 5.01. The van der Waals surface area contributed by atoms with Gasteiger partial charge in [0.1, 0.15) is 12.6 Å². The van der Waals surface area contributed by atoms with Gasteiger partial charge < -0.3 is 10.2 Å². The maximum absolute atomic E-state index is 14.0. The number of nitrogens with zero attached hydrogens (tertiary/aromatic N) is 2. The number of benzene rings is 3. The monoisotopic (exact) mass is 535 g/mol. The summed E-state index contributed by atoms with van der Waals surface area (Å²) < 4.78 is 26.6. The first-order valence-corrected chi connectivity index (χ1v) is 14.7. The molecule has 1 unspecified atom stereocenters. The predicted octanol–water partition coefficient (Wildman–Crippen LogP) is 4.32. The van der Waals surface area contributed by atoms with Crippen molar-refractivity contribution in [2.24, 2.45) is 0 Å². The number of aryl methyl sites for hydroxylation is 1. The quantitative estimate of drug-likeness (QED) is 0.330. The zero-order chi connectivity index (χ0) is 27.5. The van der Waals surface area contributed by atoms with Gasteiger partial charge in [-0.25, -0.2) is 8.42 Å². The highest BCUT2D eigenvalue weighted by atomic mass is 32.2. The minimum Gasteiger partial charge on any atom is -0.354 e. The third-order valence-electron chi connectivity index (χ3n) is 6.30. The Bertz CT molecular complexity index is 1280. The number of hydrogen-bond acceptors (Lipinski definition) is 4. The van der Waals surface area contributed by atoms with E-state index < -0.39 is 28.5 Å². The summed E-state index contributed by atoms with van der Waals surface area (Å²) in [6.07, 6.45) is 3.14. The molecule has 2 amide bonds. The number of carbonyl (C=O) groups excluding carboxylic acids is 2. The molecule has 0 heterocycles. The number of carbonyl (C=O) groups is 2. The number of hydrogen-bond donors (Lipinski definition) is 1. The maximum Gasteiger partial charge on any atom is 0.244 e. The van der Waals surface area contributed by atoms with Gasteiger partial charge in [-0.05, 0) is 36.6 Å². The molecule has 3 aromatic rings. The maximum atomic E-state index is 14.0. The Labute approximate surface area is 226 Å². The summed E-state index contributed by atoms with van der Waals surface area (Å²) in [6, 6.07) is 25.0. The van der Waals surface area contributed by atoms with E-state index in [1.807, 2.05) is 68.4 Å². The molecule has 3 rings (SSSR count). The normalized spacial score (nSPS) is 12.0. The van der Waals surface area contributed by atoms with Crippen molar-refractivity contribution in [3.05, 3.63) is 102 Å². The topological polar surface area (TPSA) is 86.8 Å². The minimum absolute atomic E-state index is 0.171. The largest absolute Gasteiger partial charge is 0.354 e. The summed E-state index contributed by atoms with van der Waals surface area (Å²) in [4.78, 5) is 29.0. The van der Waals surface area contributed by atoms with Gasteiger partial charge in [0.05, 0.1) is 11.9 Å². The molecule has 7 nitrogen and oxygen atoms in total. The van der Waals surface area contributed by atoms with Crippen molar-refractivity contribution < 1.29 is 18.0 Å². The predicted molar refractivity (Wildman–Crippen MR) is 152 cm³/mol. The molecule has 8 heteroatoms. The molecule has 0 saturated carbocycles. The van der Waals surface area contributed by atoms with Crippen molar-refractivity contribution >= 4 is 27.5 Å². The number of rotatable bonds is 13. The summed E-state index contributed by atoms with van der Waals surface area (Å²) in [5.41, 5.74) is 3.24. The van der Waals surface area contributed by atoms with Crippen molar-refractivity contribution in [3.63, 3.8) is 0 Å². The van der Waals surface area contributed by atoms with Crippen molar-refractivity contribution in [3.8, 4) is 0 Å². The molecule has 0 aliphatic carbocycles. The highest BCUT2D eigenvalue weighted by molar-refractivity contribution is 7.92. The van der Waals surface area contributed by atoms with E-state index in [4.69, 9.17) is 0 Å². The Balaban J connectivity index is 2.01. The lowest BCUT2D eigenvalue weighted by atomic mass is 10.0. The molecular formula is C30H37N3O4S. The van der Waals surface area contributed by atoms with Gasteiger partial charge in [-0.1, -0.05) is 91.7 Å². The highest BCUT2D eigenvalue weighted by Crippen LogP contribution is 2.20. The number of sulfonamides is 1. The van der Waals surface area contributed by atoms with Crippen LogP contribution in [-0.4, -0.2) is 50.5 Å². The molecule has 0 aliphatic rings. The molecule has 0 saturated heterocycles. The van der Waals surface area contributed by atoms with Crippen LogP contribution >= 0.6 is 0 Å². The average Bonchev–Trinajstić information content (AvgIpc) is 2.90. The van der Waals surface area contributed by atoms with Crippen molar-refractivity contribution in [2.75, 3.05) is 23.7 Å². The summed E-state index contributed by atoms with van der Waals surface area (Å²) >= 11 is 0. The molecule has 0 aromatic heterocycles. The first-order chi connectivity index (χ1) is 18.2. The molecule has 0 radical (unpaired) electrons. The lowest BCUT2D eigenvalue weighted by molar-refractivity contribution is -0.140. The molecule has 3 aromatic carbocycles. The summed E-state index contributed by atoms with van der Waals surface area (Å²) in [5.74, 6) is -0.709. The van der Waals surface area contributed by atoms with Crippen LogP contribution in [0.5, 0.6) is 0 Å². The molecule has 0 spiro atoms. The first-order valence-electron chi connectivity index (χ1n) is 12.9. The molecule has 0 fully saturated rings. The molecular weight excluding hydrogens is 498 g/mol.